The minimum atomic E-state index is 0.753. The van der Waals surface area contributed by atoms with E-state index >= 15 is 0 Å². The largest absolute Gasteiger partial charge is 0.352 e. The third kappa shape index (κ3) is 3.12. The van der Waals surface area contributed by atoms with Gasteiger partial charge in [0.25, 0.3) is 0 Å². The van der Waals surface area contributed by atoms with E-state index in [1.165, 1.54) is 11.1 Å². The van der Waals surface area contributed by atoms with Gasteiger partial charge >= 0.3 is 0 Å². The van der Waals surface area contributed by atoms with Gasteiger partial charge in [-0.1, -0.05) is 0 Å². The Bertz CT molecular complexity index is 547. The van der Waals surface area contributed by atoms with Crippen LogP contribution in [0.1, 0.15) is 17.0 Å². The van der Waals surface area contributed by atoms with Crippen LogP contribution in [0.3, 0.4) is 0 Å². The lowest BCUT2D eigenvalue weighted by atomic mass is 10.2. The number of nitrogens with one attached hydrogen (secondary N) is 1. The van der Waals surface area contributed by atoms with Crippen LogP contribution in [0.5, 0.6) is 0 Å². The van der Waals surface area contributed by atoms with E-state index < -0.39 is 0 Å². The van der Waals surface area contributed by atoms with Crippen LogP contribution in [0, 0.1) is 6.92 Å². The molecule has 0 atom stereocenters. The van der Waals surface area contributed by atoms with E-state index in [4.69, 9.17) is 0 Å². The van der Waals surface area contributed by atoms with E-state index in [0.29, 0.717) is 0 Å². The van der Waals surface area contributed by atoms with Crippen LogP contribution in [-0.4, -0.2) is 28.6 Å². The molecule has 0 saturated carbocycles. The minimum Gasteiger partial charge on any atom is -0.352 e. The molecule has 0 aliphatic carbocycles. The van der Waals surface area contributed by atoms with Crippen LogP contribution < -0.4 is 10.2 Å². The second-order valence-electron chi connectivity index (χ2n) is 4.82. The SMILES string of the molecule is CNCc1cnc(N(C)Cc2nccn2C)c(C)c1. The van der Waals surface area contributed by atoms with Crippen LogP contribution in [0.2, 0.25) is 0 Å². The fourth-order valence-electron chi connectivity index (χ4n) is 2.16. The third-order valence-electron chi connectivity index (χ3n) is 3.15. The zero-order valence-corrected chi connectivity index (χ0v) is 12.0. The normalized spacial score (nSPS) is 10.7. The van der Waals surface area contributed by atoms with Crippen molar-refractivity contribution in [3.63, 3.8) is 0 Å². The summed E-state index contributed by atoms with van der Waals surface area (Å²) in [5, 5.41) is 3.14. The predicted molar refractivity (Wildman–Crippen MR) is 77.1 cm³/mol. The summed E-state index contributed by atoms with van der Waals surface area (Å²) in [5.74, 6) is 2.03. The van der Waals surface area contributed by atoms with Gasteiger partial charge < -0.3 is 14.8 Å². The van der Waals surface area contributed by atoms with E-state index in [-0.39, 0.29) is 0 Å². The highest BCUT2D eigenvalue weighted by molar-refractivity contribution is 5.46. The highest BCUT2D eigenvalue weighted by Crippen LogP contribution is 2.18. The van der Waals surface area contributed by atoms with Crippen molar-refractivity contribution in [3.05, 3.63) is 41.6 Å². The minimum absolute atomic E-state index is 0.753. The molecule has 1 N–H and O–H groups in total. The van der Waals surface area contributed by atoms with Crippen molar-refractivity contribution in [3.8, 4) is 0 Å². The van der Waals surface area contributed by atoms with Gasteiger partial charge in [0, 0.05) is 39.2 Å². The molecule has 0 bridgehead atoms. The molecule has 0 aromatic carbocycles. The second-order valence-corrected chi connectivity index (χ2v) is 4.82. The molecule has 19 heavy (non-hydrogen) atoms. The number of hydrogen-bond donors (Lipinski definition) is 1. The quantitative estimate of drug-likeness (QED) is 0.883. The molecular formula is C14H21N5. The van der Waals surface area contributed by atoms with Crippen molar-refractivity contribution in [1.29, 1.82) is 0 Å². The van der Waals surface area contributed by atoms with Crippen molar-refractivity contribution in [2.24, 2.45) is 7.05 Å². The lowest BCUT2D eigenvalue weighted by Crippen LogP contribution is -2.21. The maximum atomic E-state index is 4.56. The first-order valence-corrected chi connectivity index (χ1v) is 6.39. The molecule has 0 saturated heterocycles. The van der Waals surface area contributed by atoms with E-state index in [1.54, 1.807) is 0 Å². The topological polar surface area (TPSA) is 46.0 Å². The summed E-state index contributed by atoms with van der Waals surface area (Å²) in [6, 6.07) is 2.17. The highest BCUT2D eigenvalue weighted by Gasteiger charge is 2.10. The Labute approximate surface area is 114 Å². The number of nitrogens with zero attached hydrogens (tertiary/aromatic N) is 4. The molecule has 0 aliphatic heterocycles. The molecule has 2 rings (SSSR count). The molecule has 2 heterocycles. The van der Waals surface area contributed by atoms with Gasteiger partial charge in [-0.25, -0.2) is 9.97 Å². The molecular weight excluding hydrogens is 238 g/mol. The number of aryl methyl sites for hydroxylation is 2. The van der Waals surface area contributed by atoms with Crippen molar-refractivity contribution in [2.45, 2.75) is 20.0 Å². The first-order valence-electron chi connectivity index (χ1n) is 6.39. The van der Waals surface area contributed by atoms with Crippen LogP contribution >= 0.6 is 0 Å². The first-order chi connectivity index (χ1) is 9.11. The fraction of sp³-hybridized carbons (Fsp3) is 0.429. The molecule has 5 heteroatoms. The molecule has 0 aliphatic rings. The maximum Gasteiger partial charge on any atom is 0.131 e. The summed E-state index contributed by atoms with van der Waals surface area (Å²) in [7, 11) is 5.99. The van der Waals surface area contributed by atoms with Crippen LogP contribution in [0.15, 0.2) is 24.7 Å². The molecule has 0 amide bonds. The van der Waals surface area contributed by atoms with Gasteiger partial charge in [0.15, 0.2) is 0 Å². The van der Waals surface area contributed by atoms with Gasteiger partial charge in [0.2, 0.25) is 0 Å². The molecule has 102 valence electrons. The Morgan fingerprint density at radius 2 is 2.16 bits per heavy atom. The Morgan fingerprint density at radius 1 is 1.37 bits per heavy atom. The fourth-order valence-corrected chi connectivity index (χ4v) is 2.16. The molecule has 0 unspecified atom stereocenters. The number of anilines is 1. The average molecular weight is 259 g/mol. The van der Waals surface area contributed by atoms with Crippen LogP contribution in [0.25, 0.3) is 0 Å². The van der Waals surface area contributed by atoms with Gasteiger partial charge in [0.05, 0.1) is 6.54 Å². The van der Waals surface area contributed by atoms with Crippen molar-refractivity contribution in [2.75, 3.05) is 19.0 Å². The maximum absolute atomic E-state index is 4.56. The number of hydrogen-bond acceptors (Lipinski definition) is 4. The Kier molecular flexibility index (Phi) is 4.16. The highest BCUT2D eigenvalue weighted by atomic mass is 15.2. The summed E-state index contributed by atoms with van der Waals surface area (Å²) in [6.45, 7) is 3.69. The van der Waals surface area contributed by atoms with E-state index in [1.807, 2.05) is 44.3 Å². The molecule has 0 spiro atoms. The van der Waals surface area contributed by atoms with E-state index in [0.717, 1.165) is 24.7 Å². The smallest absolute Gasteiger partial charge is 0.131 e. The summed E-state index contributed by atoms with van der Waals surface area (Å²) in [4.78, 5) is 11.0. The van der Waals surface area contributed by atoms with Gasteiger partial charge in [-0.2, -0.15) is 0 Å². The standard InChI is InChI=1S/C14H21N5/c1-11-7-12(8-15-2)9-17-14(11)19(4)10-13-16-5-6-18(13)3/h5-7,9,15H,8,10H2,1-4H3. The summed E-state index contributed by atoms with van der Waals surface area (Å²) < 4.78 is 2.03. The van der Waals surface area contributed by atoms with Crippen LogP contribution in [-0.2, 0) is 20.1 Å². The zero-order valence-electron chi connectivity index (χ0n) is 12.0. The molecule has 2 aromatic rings. The molecule has 0 radical (unpaired) electrons. The summed E-state index contributed by atoms with van der Waals surface area (Å²) >= 11 is 0. The number of aromatic nitrogens is 3. The van der Waals surface area contributed by atoms with Crippen molar-refractivity contribution >= 4 is 5.82 Å². The first kappa shape index (κ1) is 13.5. The summed E-state index contributed by atoms with van der Waals surface area (Å²) in [6.07, 6.45) is 5.70. The monoisotopic (exact) mass is 259 g/mol. The van der Waals surface area contributed by atoms with Crippen molar-refractivity contribution < 1.29 is 0 Å². The lowest BCUT2D eigenvalue weighted by molar-refractivity contribution is 0.751. The average Bonchev–Trinajstić information content (AvgIpc) is 2.75. The lowest BCUT2D eigenvalue weighted by Gasteiger charge is -2.20. The third-order valence-corrected chi connectivity index (χ3v) is 3.15. The van der Waals surface area contributed by atoms with Crippen molar-refractivity contribution in [1.82, 2.24) is 19.9 Å². The molecule has 0 fully saturated rings. The van der Waals surface area contributed by atoms with Gasteiger partial charge in [-0.3, -0.25) is 0 Å². The summed E-state index contributed by atoms with van der Waals surface area (Å²) in [5.41, 5.74) is 2.39. The molecule has 5 nitrogen and oxygen atoms in total. The second kappa shape index (κ2) is 5.84. The van der Waals surface area contributed by atoms with Crippen LogP contribution in [0.4, 0.5) is 5.82 Å². The molecule has 2 aromatic heterocycles. The van der Waals surface area contributed by atoms with Gasteiger partial charge in [-0.15, -0.1) is 0 Å². The van der Waals surface area contributed by atoms with E-state index in [2.05, 4.69) is 33.2 Å². The predicted octanol–water partition coefficient (Wildman–Crippen LogP) is 1.48. The zero-order chi connectivity index (χ0) is 13.8. The van der Waals surface area contributed by atoms with E-state index in [9.17, 15) is 0 Å². The Morgan fingerprint density at radius 3 is 2.74 bits per heavy atom. The van der Waals surface area contributed by atoms with Gasteiger partial charge in [-0.05, 0) is 31.2 Å². The Balaban J connectivity index is 2.15. The number of rotatable bonds is 5. The number of imidazole rings is 1. The van der Waals surface area contributed by atoms with Gasteiger partial charge in [0.1, 0.15) is 11.6 Å². The Hall–Kier alpha value is -1.88. The number of pyridine rings is 1.